The molecule has 0 N–H and O–H groups in total. The molecular formula is C14H22Cl4O4. The van der Waals surface area contributed by atoms with Crippen molar-refractivity contribution in [1.82, 2.24) is 0 Å². The van der Waals surface area contributed by atoms with Crippen LogP contribution in [0.3, 0.4) is 0 Å². The van der Waals surface area contributed by atoms with Crippen molar-refractivity contribution in [3.05, 3.63) is 0 Å². The van der Waals surface area contributed by atoms with Crippen LogP contribution in [0.5, 0.6) is 0 Å². The van der Waals surface area contributed by atoms with Gasteiger partial charge in [0.1, 0.15) is 10.8 Å². The number of rotatable bonds is 12. The average Bonchev–Trinajstić information content (AvgIpc) is 2.52. The summed E-state index contributed by atoms with van der Waals surface area (Å²) in [7, 11) is 0. The van der Waals surface area contributed by atoms with Crippen LogP contribution >= 0.6 is 46.4 Å². The maximum atomic E-state index is 11.5. The van der Waals surface area contributed by atoms with Crippen LogP contribution in [0.15, 0.2) is 0 Å². The molecule has 22 heavy (non-hydrogen) atoms. The number of carbonyl (C=O) groups excluding carboxylic acids is 2. The molecule has 2 unspecified atom stereocenters. The molecule has 0 aliphatic rings. The molecule has 0 amide bonds. The summed E-state index contributed by atoms with van der Waals surface area (Å²) in [5.41, 5.74) is 0. The lowest BCUT2D eigenvalue weighted by molar-refractivity contribution is -0.258. The third kappa shape index (κ3) is 11.6. The van der Waals surface area contributed by atoms with Gasteiger partial charge < -0.3 is 0 Å². The van der Waals surface area contributed by atoms with E-state index in [4.69, 9.17) is 46.4 Å². The van der Waals surface area contributed by atoms with Crippen molar-refractivity contribution in [1.29, 1.82) is 0 Å². The molecule has 8 heteroatoms. The van der Waals surface area contributed by atoms with Crippen molar-refractivity contribution in [3.63, 3.8) is 0 Å². The molecule has 0 saturated heterocycles. The van der Waals surface area contributed by atoms with Crippen molar-refractivity contribution in [2.75, 3.05) is 11.8 Å². The van der Waals surface area contributed by atoms with Crippen LogP contribution in [0, 0.1) is 0 Å². The fraction of sp³-hybridized carbons (Fsp3) is 0.857. The highest BCUT2D eigenvalue weighted by molar-refractivity contribution is 6.30. The van der Waals surface area contributed by atoms with Crippen LogP contribution in [-0.2, 0) is 19.4 Å². The summed E-state index contributed by atoms with van der Waals surface area (Å²) in [5.74, 6) is -0.410. The Kier molecular flexibility index (Phi) is 14.7. The van der Waals surface area contributed by atoms with E-state index in [9.17, 15) is 9.59 Å². The van der Waals surface area contributed by atoms with Gasteiger partial charge in [0.05, 0.1) is 0 Å². The molecule has 0 spiro atoms. The van der Waals surface area contributed by atoms with E-state index in [-0.39, 0.29) is 0 Å². The minimum atomic E-state index is -0.847. The molecule has 0 aromatic heterocycles. The van der Waals surface area contributed by atoms with Crippen molar-refractivity contribution in [3.8, 4) is 0 Å². The monoisotopic (exact) mass is 394 g/mol. The van der Waals surface area contributed by atoms with Gasteiger partial charge in [-0.3, -0.25) is 0 Å². The van der Waals surface area contributed by atoms with Crippen molar-refractivity contribution >= 4 is 58.3 Å². The number of unbranched alkanes of at least 4 members (excludes halogenated alkanes) is 4. The highest BCUT2D eigenvalue weighted by atomic mass is 35.5. The highest BCUT2D eigenvalue weighted by Crippen LogP contribution is 2.14. The SMILES string of the molecule is O=C(OOC(=O)C(Cl)CCCCCCl)C(Cl)CCCCCCl. The fourth-order valence-corrected chi connectivity index (χ4v) is 2.37. The predicted octanol–water partition coefficient (Wildman–Crippen LogP) is 4.80. The molecule has 0 heterocycles. The fourth-order valence-electron chi connectivity index (χ4n) is 1.61. The minimum Gasteiger partial charge on any atom is -0.246 e. The molecule has 0 bridgehead atoms. The highest BCUT2D eigenvalue weighted by Gasteiger charge is 2.23. The topological polar surface area (TPSA) is 52.6 Å². The summed E-state index contributed by atoms with van der Waals surface area (Å²) in [6.45, 7) is 0. The van der Waals surface area contributed by atoms with E-state index in [1.165, 1.54) is 0 Å². The summed E-state index contributed by atoms with van der Waals surface area (Å²) < 4.78 is 0. The standard InChI is InChI=1S/C14H22Cl4O4/c15-9-5-1-3-7-11(17)13(19)21-22-14(20)12(18)8-4-2-6-10-16/h11-12H,1-10H2. The summed E-state index contributed by atoms with van der Waals surface area (Å²) >= 11 is 22.8. The van der Waals surface area contributed by atoms with E-state index in [1.807, 2.05) is 0 Å². The first-order valence-corrected chi connectivity index (χ1v) is 9.29. The molecule has 0 rings (SSSR count). The smallest absolute Gasteiger partial charge is 0.246 e. The third-order valence-corrected chi connectivity index (χ3v) is 4.23. The number of hydrogen-bond donors (Lipinski definition) is 0. The number of hydrogen-bond acceptors (Lipinski definition) is 4. The Morgan fingerprint density at radius 2 is 1.05 bits per heavy atom. The quantitative estimate of drug-likeness (QED) is 0.206. The molecule has 0 aromatic carbocycles. The number of carbonyl (C=O) groups is 2. The molecule has 2 atom stereocenters. The summed E-state index contributed by atoms with van der Waals surface area (Å²) in [5, 5.41) is -1.69. The van der Waals surface area contributed by atoms with Gasteiger partial charge in [0.2, 0.25) is 0 Å². The molecule has 0 saturated carbocycles. The molecule has 130 valence electrons. The summed E-state index contributed by atoms with van der Waals surface area (Å²) in [6, 6.07) is 0. The lowest BCUT2D eigenvalue weighted by Gasteiger charge is -2.10. The molecule has 0 radical (unpaired) electrons. The Morgan fingerprint density at radius 1 is 0.682 bits per heavy atom. The van der Waals surface area contributed by atoms with Crippen LogP contribution < -0.4 is 0 Å². The second kappa shape index (κ2) is 14.7. The van der Waals surface area contributed by atoms with Gasteiger partial charge in [-0.25, -0.2) is 19.4 Å². The maximum absolute atomic E-state index is 11.5. The summed E-state index contributed by atoms with van der Waals surface area (Å²) in [6.07, 6.45) is 5.89. The van der Waals surface area contributed by atoms with Gasteiger partial charge in [0, 0.05) is 11.8 Å². The zero-order valence-electron chi connectivity index (χ0n) is 12.4. The average molecular weight is 396 g/mol. The Balaban J connectivity index is 3.80. The van der Waals surface area contributed by atoms with Gasteiger partial charge in [-0.05, 0) is 25.7 Å². The Hall–Kier alpha value is 0.1000. The first-order valence-electron chi connectivity index (χ1n) is 7.35. The van der Waals surface area contributed by atoms with E-state index in [1.54, 1.807) is 0 Å². The Bertz CT molecular complexity index is 285. The van der Waals surface area contributed by atoms with E-state index in [0.29, 0.717) is 24.6 Å². The number of halogens is 4. The molecule has 0 aliphatic carbocycles. The zero-order chi connectivity index (χ0) is 16.8. The second-order valence-corrected chi connectivity index (χ2v) is 6.63. The lowest BCUT2D eigenvalue weighted by atomic mass is 10.1. The second-order valence-electron chi connectivity index (χ2n) is 4.82. The Labute approximate surface area is 151 Å². The maximum Gasteiger partial charge on any atom is 0.373 e. The summed E-state index contributed by atoms with van der Waals surface area (Å²) in [4.78, 5) is 31.9. The molecule has 4 nitrogen and oxygen atoms in total. The molecule has 0 aromatic rings. The van der Waals surface area contributed by atoms with Crippen molar-refractivity contribution in [2.45, 2.75) is 62.1 Å². The van der Waals surface area contributed by atoms with Gasteiger partial charge in [-0.15, -0.1) is 46.4 Å². The molecular weight excluding hydrogens is 374 g/mol. The predicted molar refractivity (Wildman–Crippen MR) is 89.8 cm³/mol. The van der Waals surface area contributed by atoms with E-state index >= 15 is 0 Å². The largest absolute Gasteiger partial charge is 0.373 e. The van der Waals surface area contributed by atoms with Crippen LogP contribution in [0.2, 0.25) is 0 Å². The Morgan fingerprint density at radius 3 is 1.36 bits per heavy atom. The number of alkyl halides is 4. The van der Waals surface area contributed by atoms with Crippen LogP contribution in [-0.4, -0.2) is 34.5 Å². The van der Waals surface area contributed by atoms with E-state index < -0.39 is 22.7 Å². The third-order valence-electron chi connectivity index (χ3n) is 2.90. The zero-order valence-corrected chi connectivity index (χ0v) is 15.4. The van der Waals surface area contributed by atoms with Crippen LogP contribution in [0.4, 0.5) is 0 Å². The van der Waals surface area contributed by atoms with Gasteiger partial charge >= 0.3 is 11.9 Å². The molecule has 0 fully saturated rings. The normalized spacial score (nSPS) is 13.5. The van der Waals surface area contributed by atoms with Crippen molar-refractivity contribution in [2.24, 2.45) is 0 Å². The van der Waals surface area contributed by atoms with Gasteiger partial charge in [-0.2, -0.15) is 0 Å². The van der Waals surface area contributed by atoms with Gasteiger partial charge in [0.25, 0.3) is 0 Å². The van der Waals surface area contributed by atoms with Crippen LogP contribution in [0.25, 0.3) is 0 Å². The van der Waals surface area contributed by atoms with Crippen molar-refractivity contribution < 1.29 is 19.4 Å². The van der Waals surface area contributed by atoms with E-state index in [0.717, 1.165) is 38.5 Å². The van der Waals surface area contributed by atoms with Gasteiger partial charge in [-0.1, -0.05) is 25.7 Å². The first kappa shape index (κ1) is 22.1. The van der Waals surface area contributed by atoms with Crippen LogP contribution in [0.1, 0.15) is 51.4 Å². The first-order chi connectivity index (χ1) is 10.5. The van der Waals surface area contributed by atoms with Gasteiger partial charge in [0.15, 0.2) is 0 Å². The van der Waals surface area contributed by atoms with E-state index in [2.05, 4.69) is 9.78 Å². The lowest BCUT2D eigenvalue weighted by Crippen LogP contribution is -2.24. The minimum absolute atomic E-state index is 0.442. The molecule has 0 aliphatic heterocycles.